The van der Waals surface area contributed by atoms with Gasteiger partial charge in [0, 0.05) is 24.7 Å². The fourth-order valence-electron chi connectivity index (χ4n) is 3.47. The molecule has 1 saturated heterocycles. The molecule has 1 amide bonds. The second kappa shape index (κ2) is 6.73. The SMILES string of the molecule is CN(C(=O)c1ccc(B2OC(C)(C)C(C)(C)O2)cn1)C1CCCCC1. The van der Waals surface area contributed by atoms with E-state index in [1.54, 1.807) is 12.3 Å². The van der Waals surface area contributed by atoms with Gasteiger partial charge in [-0.2, -0.15) is 0 Å². The molecule has 1 aliphatic heterocycles. The van der Waals surface area contributed by atoms with E-state index in [4.69, 9.17) is 9.31 Å². The summed E-state index contributed by atoms with van der Waals surface area (Å²) in [6, 6.07) is 4.00. The van der Waals surface area contributed by atoms with Crippen molar-refractivity contribution in [2.45, 2.75) is 77.0 Å². The van der Waals surface area contributed by atoms with Gasteiger partial charge in [0.1, 0.15) is 5.69 Å². The lowest BCUT2D eigenvalue weighted by Crippen LogP contribution is -2.41. The Bertz CT molecular complexity index is 608. The Balaban J connectivity index is 1.69. The van der Waals surface area contributed by atoms with Crippen molar-refractivity contribution in [3.8, 4) is 0 Å². The van der Waals surface area contributed by atoms with E-state index in [2.05, 4.69) is 4.98 Å². The topological polar surface area (TPSA) is 51.7 Å². The minimum absolute atomic E-state index is 0.00707. The Morgan fingerprint density at radius 3 is 2.24 bits per heavy atom. The molecule has 0 N–H and O–H groups in total. The highest BCUT2D eigenvalue weighted by Crippen LogP contribution is 2.36. The first-order chi connectivity index (χ1) is 11.7. The molecule has 2 fully saturated rings. The smallest absolute Gasteiger partial charge is 0.399 e. The quantitative estimate of drug-likeness (QED) is 0.792. The van der Waals surface area contributed by atoms with Crippen molar-refractivity contribution in [2.75, 3.05) is 7.05 Å². The van der Waals surface area contributed by atoms with E-state index in [0.717, 1.165) is 18.3 Å². The van der Waals surface area contributed by atoms with E-state index in [0.29, 0.717) is 11.7 Å². The van der Waals surface area contributed by atoms with Gasteiger partial charge < -0.3 is 14.2 Å². The molecule has 1 aromatic heterocycles. The lowest BCUT2D eigenvalue weighted by Gasteiger charge is -2.32. The summed E-state index contributed by atoms with van der Waals surface area (Å²) >= 11 is 0. The standard InChI is InChI=1S/C19H29BN2O3/c1-18(2)19(3,4)25-20(24-18)14-11-12-16(21-13-14)17(23)22(5)15-9-7-6-8-10-15/h11-13,15H,6-10H2,1-5H3. The van der Waals surface area contributed by atoms with Gasteiger partial charge in [0.05, 0.1) is 11.2 Å². The zero-order valence-corrected chi connectivity index (χ0v) is 16.0. The predicted octanol–water partition coefficient (Wildman–Crippen LogP) is 2.79. The Labute approximate surface area is 151 Å². The average molecular weight is 344 g/mol. The van der Waals surface area contributed by atoms with Crippen molar-refractivity contribution >= 4 is 18.5 Å². The molecular formula is C19H29BN2O3. The normalized spacial score (nSPS) is 22.8. The van der Waals surface area contributed by atoms with E-state index in [9.17, 15) is 4.79 Å². The molecule has 136 valence electrons. The van der Waals surface area contributed by atoms with Crippen molar-refractivity contribution in [2.24, 2.45) is 0 Å². The fraction of sp³-hybridized carbons (Fsp3) is 0.684. The van der Waals surface area contributed by atoms with Crippen LogP contribution < -0.4 is 5.46 Å². The van der Waals surface area contributed by atoms with Crippen LogP contribution in [0.15, 0.2) is 18.3 Å². The van der Waals surface area contributed by atoms with E-state index >= 15 is 0 Å². The first kappa shape index (κ1) is 18.4. The summed E-state index contributed by atoms with van der Waals surface area (Å²) in [5.74, 6) is -0.00707. The maximum absolute atomic E-state index is 12.7. The van der Waals surface area contributed by atoms with Crippen molar-refractivity contribution in [3.63, 3.8) is 0 Å². The zero-order valence-electron chi connectivity index (χ0n) is 16.0. The van der Waals surface area contributed by atoms with Gasteiger partial charge in [-0.15, -0.1) is 0 Å². The van der Waals surface area contributed by atoms with Gasteiger partial charge in [0.2, 0.25) is 0 Å². The molecule has 0 bridgehead atoms. The van der Waals surface area contributed by atoms with E-state index in [1.165, 1.54) is 19.3 Å². The minimum Gasteiger partial charge on any atom is -0.399 e. The van der Waals surface area contributed by atoms with Crippen LogP contribution in [0.2, 0.25) is 0 Å². The van der Waals surface area contributed by atoms with Gasteiger partial charge in [0.25, 0.3) is 5.91 Å². The van der Waals surface area contributed by atoms with Gasteiger partial charge in [-0.25, -0.2) is 0 Å². The molecule has 6 heteroatoms. The van der Waals surface area contributed by atoms with E-state index in [-0.39, 0.29) is 17.1 Å². The van der Waals surface area contributed by atoms with Gasteiger partial charge in [-0.1, -0.05) is 25.3 Å². The van der Waals surface area contributed by atoms with Gasteiger partial charge >= 0.3 is 7.12 Å². The molecule has 0 atom stereocenters. The summed E-state index contributed by atoms with van der Waals surface area (Å²) in [5.41, 5.74) is 0.560. The Hall–Kier alpha value is -1.40. The summed E-state index contributed by atoms with van der Waals surface area (Å²) in [6.45, 7) is 8.10. The third-order valence-corrected chi connectivity index (χ3v) is 5.97. The molecule has 2 heterocycles. The molecular weight excluding hydrogens is 315 g/mol. The molecule has 0 aromatic carbocycles. The largest absolute Gasteiger partial charge is 0.496 e. The monoisotopic (exact) mass is 344 g/mol. The Morgan fingerprint density at radius 1 is 1.12 bits per heavy atom. The number of nitrogens with zero attached hydrogens (tertiary/aromatic N) is 2. The Kier molecular flexibility index (Phi) is 4.95. The maximum atomic E-state index is 12.7. The van der Waals surface area contributed by atoms with Crippen LogP contribution in [-0.4, -0.2) is 47.2 Å². The Morgan fingerprint density at radius 2 is 1.72 bits per heavy atom. The van der Waals surface area contributed by atoms with Gasteiger partial charge in [0.15, 0.2) is 0 Å². The molecule has 2 aliphatic rings. The van der Waals surface area contributed by atoms with Crippen molar-refractivity contribution in [3.05, 3.63) is 24.0 Å². The number of hydrogen-bond donors (Lipinski definition) is 0. The fourth-order valence-corrected chi connectivity index (χ4v) is 3.47. The van der Waals surface area contributed by atoms with Crippen LogP contribution in [0.5, 0.6) is 0 Å². The van der Waals surface area contributed by atoms with Crippen LogP contribution in [-0.2, 0) is 9.31 Å². The average Bonchev–Trinajstić information content (AvgIpc) is 2.82. The first-order valence-corrected chi connectivity index (χ1v) is 9.30. The summed E-state index contributed by atoms with van der Waals surface area (Å²) in [5, 5.41) is 0. The molecule has 3 rings (SSSR count). The number of carbonyl (C=O) groups is 1. The number of hydrogen-bond acceptors (Lipinski definition) is 4. The van der Waals surface area contributed by atoms with Crippen molar-refractivity contribution in [1.29, 1.82) is 0 Å². The van der Waals surface area contributed by atoms with Gasteiger partial charge in [-0.05, 0) is 46.6 Å². The molecule has 1 aromatic rings. The molecule has 0 unspecified atom stereocenters. The third kappa shape index (κ3) is 3.60. The number of pyridine rings is 1. The van der Waals surface area contributed by atoms with Crippen LogP contribution in [0.4, 0.5) is 0 Å². The maximum Gasteiger partial charge on any atom is 0.496 e. The lowest BCUT2D eigenvalue weighted by molar-refractivity contribution is 0.00578. The van der Waals surface area contributed by atoms with E-state index in [1.807, 2.05) is 45.7 Å². The number of carbonyl (C=O) groups excluding carboxylic acids is 1. The minimum atomic E-state index is -0.447. The predicted molar refractivity (Wildman–Crippen MR) is 98.9 cm³/mol. The molecule has 1 aliphatic carbocycles. The molecule has 0 spiro atoms. The summed E-state index contributed by atoms with van der Waals surface area (Å²) in [7, 11) is 1.44. The molecule has 5 nitrogen and oxygen atoms in total. The summed E-state index contributed by atoms with van der Waals surface area (Å²) < 4.78 is 12.1. The second-order valence-corrected chi connectivity index (χ2v) is 8.27. The second-order valence-electron chi connectivity index (χ2n) is 8.27. The lowest BCUT2D eigenvalue weighted by atomic mass is 9.80. The molecule has 0 radical (unpaired) electrons. The van der Waals surface area contributed by atoms with Crippen LogP contribution in [0.1, 0.15) is 70.3 Å². The highest BCUT2D eigenvalue weighted by atomic mass is 16.7. The van der Waals surface area contributed by atoms with Crippen molar-refractivity contribution in [1.82, 2.24) is 9.88 Å². The van der Waals surface area contributed by atoms with E-state index < -0.39 is 7.12 Å². The number of aromatic nitrogens is 1. The van der Waals surface area contributed by atoms with Gasteiger partial charge in [-0.3, -0.25) is 9.78 Å². The summed E-state index contributed by atoms with van der Waals surface area (Å²) in [6.07, 6.45) is 7.57. The highest BCUT2D eigenvalue weighted by molar-refractivity contribution is 6.62. The molecule has 25 heavy (non-hydrogen) atoms. The molecule has 1 saturated carbocycles. The zero-order chi connectivity index (χ0) is 18.2. The number of rotatable bonds is 3. The number of amides is 1. The van der Waals surface area contributed by atoms with Crippen LogP contribution in [0.3, 0.4) is 0 Å². The summed E-state index contributed by atoms with van der Waals surface area (Å²) in [4.78, 5) is 18.9. The third-order valence-electron chi connectivity index (χ3n) is 5.97. The first-order valence-electron chi connectivity index (χ1n) is 9.30. The highest BCUT2D eigenvalue weighted by Gasteiger charge is 2.51. The van der Waals surface area contributed by atoms with Crippen molar-refractivity contribution < 1.29 is 14.1 Å². The van der Waals surface area contributed by atoms with Crippen LogP contribution >= 0.6 is 0 Å². The van der Waals surface area contributed by atoms with Crippen LogP contribution in [0.25, 0.3) is 0 Å². The van der Waals surface area contributed by atoms with Crippen LogP contribution in [0, 0.1) is 0 Å².